The molecule has 6 heteroatoms. The van der Waals surface area contributed by atoms with Crippen molar-refractivity contribution in [2.45, 2.75) is 13.8 Å². The van der Waals surface area contributed by atoms with Crippen molar-refractivity contribution in [3.8, 4) is 16.6 Å². The van der Waals surface area contributed by atoms with Gasteiger partial charge < -0.3 is 0 Å². The van der Waals surface area contributed by atoms with E-state index in [2.05, 4.69) is 15.0 Å². The summed E-state index contributed by atoms with van der Waals surface area (Å²) in [7, 11) is 0. The summed E-state index contributed by atoms with van der Waals surface area (Å²) >= 11 is 1.35. The molecule has 0 spiro atoms. The van der Waals surface area contributed by atoms with E-state index >= 15 is 0 Å². The van der Waals surface area contributed by atoms with E-state index in [0.29, 0.717) is 10.6 Å². The third kappa shape index (κ3) is 1.66. The molecule has 0 aromatic carbocycles. The molecular weight excluding hydrogens is 227 g/mol. The fraction of sp³-hybridized carbons (Fsp3) is 0.200. The Balaban J connectivity index is 2.66. The van der Waals surface area contributed by atoms with E-state index in [1.807, 2.05) is 6.92 Å². The molecule has 2 aromatic rings. The van der Waals surface area contributed by atoms with Crippen LogP contribution in [0.5, 0.6) is 0 Å². The van der Waals surface area contributed by atoms with E-state index in [4.69, 9.17) is 5.26 Å². The van der Waals surface area contributed by atoms with E-state index in [1.165, 1.54) is 17.7 Å². The van der Waals surface area contributed by atoms with Crippen LogP contribution in [-0.2, 0) is 0 Å². The molecule has 0 saturated heterocycles. The predicted molar refractivity (Wildman–Crippen MR) is 57.3 cm³/mol. The maximum Gasteiger partial charge on any atom is 0.186 e. The second-order valence-electron chi connectivity index (χ2n) is 3.14. The van der Waals surface area contributed by atoms with Gasteiger partial charge in [0, 0.05) is 0 Å². The van der Waals surface area contributed by atoms with Gasteiger partial charge in [-0.15, -0.1) is 11.3 Å². The van der Waals surface area contributed by atoms with Crippen molar-refractivity contribution in [3.05, 3.63) is 28.5 Å². The van der Waals surface area contributed by atoms with E-state index in [-0.39, 0.29) is 11.4 Å². The van der Waals surface area contributed by atoms with Crippen LogP contribution in [0.4, 0.5) is 4.39 Å². The normalized spacial score (nSPS) is 10.1. The zero-order chi connectivity index (χ0) is 11.7. The average molecular weight is 234 g/mol. The van der Waals surface area contributed by atoms with Crippen molar-refractivity contribution < 1.29 is 4.39 Å². The van der Waals surface area contributed by atoms with Crippen LogP contribution in [0.15, 0.2) is 6.33 Å². The zero-order valence-electron chi connectivity index (χ0n) is 8.65. The van der Waals surface area contributed by atoms with Crippen LogP contribution >= 0.6 is 11.3 Å². The highest BCUT2D eigenvalue weighted by molar-refractivity contribution is 7.15. The minimum atomic E-state index is -0.684. The summed E-state index contributed by atoms with van der Waals surface area (Å²) in [4.78, 5) is 12.3. The number of nitriles is 1. The molecule has 0 atom stereocenters. The van der Waals surface area contributed by atoms with Gasteiger partial charge in [-0.05, 0) is 13.8 Å². The summed E-state index contributed by atoms with van der Waals surface area (Å²) in [5, 5.41) is 9.51. The fourth-order valence-corrected chi connectivity index (χ4v) is 2.27. The van der Waals surface area contributed by atoms with Gasteiger partial charge in [-0.1, -0.05) is 0 Å². The molecule has 4 nitrogen and oxygen atoms in total. The third-order valence-corrected chi connectivity index (χ3v) is 3.09. The monoisotopic (exact) mass is 234 g/mol. The Hall–Kier alpha value is -1.87. The molecule has 0 fully saturated rings. The smallest absolute Gasteiger partial charge is 0.186 e. The quantitative estimate of drug-likeness (QED) is 0.759. The van der Waals surface area contributed by atoms with Crippen molar-refractivity contribution >= 4 is 11.3 Å². The molecule has 2 heterocycles. The molecule has 0 unspecified atom stereocenters. The maximum absolute atomic E-state index is 13.8. The van der Waals surface area contributed by atoms with Gasteiger partial charge in [0.2, 0.25) is 0 Å². The van der Waals surface area contributed by atoms with Gasteiger partial charge >= 0.3 is 0 Å². The topological polar surface area (TPSA) is 62.5 Å². The first-order valence-electron chi connectivity index (χ1n) is 4.48. The summed E-state index contributed by atoms with van der Waals surface area (Å²) in [5.74, 6) is -0.684. The van der Waals surface area contributed by atoms with Crippen molar-refractivity contribution in [1.29, 1.82) is 5.26 Å². The third-order valence-electron chi connectivity index (χ3n) is 2.01. The minimum Gasteiger partial charge on any atom is -0.246 e. The number of aromatic nitrogens is 3. The Bertz CT molecular complexity index is 585. The summed E-state index contributed by atoms with van der Waals surface area (Å²) < 4.78 is 13.8. The van der Waals surface area contributed by atoms with Crippen molar-refractivity contribution in [2.24, 2.45) is 0 Å². The molecule has 16 heavy (non-hydrogen) atoms. The number of thiazole rings is 1. The van der Waals surface area contributed by atoms with Gasteiger partial charge in [-0.25, -0.2) is 19.3 Å². The van der Waals surface area contributed by atoms with Gasteiger partial charge in [0.25, 0.3) is 0 Å². The molecule has 0 radical (unpaired) electrons. The lowest BCUT2D eigenvalue weighted by atomic mass is 10.2. The molecule has 0 N–H and O–H groups in total. The van der Waals surface area contributed by atoms with E-state index in [9.17, 15) is 4.39 Å². The van der Waals surface area contributed by atoms with E-state index in [1.54, 1.807) is 13.0 Å². The van der Waals surface area contributed by atoms with Gasteiger partial charge in [-0.3, -0.25) is 0 Å². The lowest BCUT2D eigenvalue weighted by Gasteiger charge is -1.99. The molecular formula is C10H7FN4S. The summed E-state index contributed by atoms with van der Waals surface area (Å²) in [6.45, 7) is 3.62. The van der Waals surface area contributed by atoms with Crippen molar-refractivity contribution in [1.82, 2.24) is 15.0 Å². The van der Waals surface area contributed by atoms with Crippen LogP contribution in [-0.4, -0.2) is 15.0 Å². The maximum atomic E-state index is 13.8. The molecule has 2 aromatic heterocycles. The number of nitrogens with zero attached hydrogens (tertiary/aromatic N) is 4. The highest BCUT2D eigenvalue weighted by Gasteiger charge is 2.17. The number of hydrogen-bond acceptors (Lipinski definition) is 5. The molecule has 0 bridgehead atoms. The van der Waals surface area contributed by atoms with Gasteiger partial charge in [-0.2, -0.15) is 5.26 Å². The van der Waals surface area contributed by atoms with Gasteiger partial charge in [0.1, 0.15) is 18.1 Å². The molecule has 0 aliphatic heterocycles. The summed E-state index contributed by atoms with van der Waals surface area (Å²) in [6.07, 6.45) is 1.19. The molecule has 0 amide bonds. The van der Waals surface area contributed by atoms with Crippen LogP contribution in [0.1, 0.15) is 16.4 Å². The predicted octanol–water partition coefficient (Wildman–Crippen LogP) is 2.23. The second-order valence-corrected chi connectivity index (χ2v) is 4.35. The van der Waals surface area contributed by atoms with Crippen molar-refractivity contribution in [2.75, 3.05) is 0 Å². The first-order valence-corrected chi connectivity index (χ1v) is 5.30. The number of hydrogen-bond donors (Lipinski definition) is 0. The molecule has 0 aliphatic carbocycles. The summed E-state index contributed by atoms with van der Waals surface area (Å²) in [5.41, 5.74) is 0.620. The molecule has 0 saturated carbocycles. The molecule has 80 valence electrons. The average Bonchev–Trinajstić information content (AvgIpc) is 2.58. The summed E-state index contributed by atoms with van der Waals surface area (Å²) in [6, 6.07) is 1.69. The van der Waals surface area contributed by atoms with E-state index < -0.39 is 5.82 Å². The Morgan fingerprint density at radius 1 is 1.38 bits per heavy atom. The second kappa shape index (κ2) is 3.94. The van der Waals surface area contributed by atoms with Crippen molar-refractivity contribution in [3.63, 3.8) is 0 Å². The standard InChI is InChI=1S/C10H7FN4S/c1-5-10(16-6(2)15-5)9-8(11)7(3-12)13-4-14-9/h4H,1-2H3. The first-order chi connectivity index (χ1) is 7.63. The molecule has 2 rings (SSSR count). The fourth-order valence-electron chi connectivity index (χ4n) is 1.36. The zero-order valence-corrected chi connectivity index (χ0v) is 9.47. The van der Waals surface area contributed by atoms with Gasteiger partial charge in [0.05, 0.1) is 15.6 Å². The molecule has 0 aliphatic rings. The minimum absolute atomic E-state index is 0.148. The Morgan fingerprint density at radius 2 is 2.12 bits per heavy atom. The van der Waals surface area contributed by atoms with Crippen LogP contribution in [0, 0.1) is 31.0 Å². The highest BCUT2D eigenvalue weighted by Crippen LogP contribution is 2.30. The van der Waals surface area contributed by atoms with Crippen LogP contribution in [0.25, 0.3) is 10.6 Å². The Morgan fingerprint density at radius 3 is 2.69 bits per heavy atom. The van der Waals surface area contributed by atoms with Gasteiger partial charge in [0.15, 0.2) is 11.5 Å². The SMILES string of the molecule is Cc1nc(C)c(-c2ncnc(C#N)c2F)s1. The Kier molecular flexibility index (Phi) is 2.62. The number of rotatable bonds is 1. The van der Waals surface area contributed by atoms with E-state index in [0.717, 1.165) is 5.01 Å². The first kappa shape index (κ1) is 10.6. The van der Waals surface area contributed by atoms with Crippen LogP contribution < -0.4 is 0 Å². The lowest BCUT2D eigenvalue weighted by Crippen LogP contribution is -1.96. The van der Waals surface area contributed by atoms with Crippen LogP contribution in [0.2, 0.25) is 0 Å². The Labute approximate surface area is 95.4 Å². The van der Waals surface area contributed by atoms with Crippen LogP contribution in [0.3, 0.4) is 0 Å². The number of halogens is 1. The highest BCUT2D eigenvalue weighted by atomic mass is 32.1. The lowest BCUT2D eigenvalue weighted by molar-refractivity contribution is 0.613. The number of aryl methyl sites for hydroxylation is 2. The largest absolute Gasteiger partial charge is 0.246 e.